The van der Waals surface area contributed by atoms with Gasteiger partial charge in [-0.3, -0.25) is 14.9 Å². The van der Waals surface area contributed by atoms with Gasteiger partial charge < -0.3 is 10.1 Å². The highest BCUT2D eigenvalue weighted by Crippen LogP contribution is 2.08. The van der Waals surface area contributed by atoms with E-state index in [9.17, 15) is 22.8 Å². The number of urea groups is 1. The first-order valence-electron chi connectivity index (χ1n) is 8.08. The quantitative estimate of drug-likeness (QED) is 0.551. The Morgan fingerprint density at radius 1 is 1.15 bits per heavy atom. The molecule has 0 radical (unpaired) electrons. The third-order valence-electron chi connectivity index (χ3n) is 3.28. The van der Waals surface area contributed by atoms with Crippen LogP contribution in [0, 0.1) is 5.92 Å². The Bertz CT molecular complexity index is 790. The van der Waals surface area contributed by atoms with Gasteiger partial charge in [-0.2, -0.15) is 4.72 Å². The molecule has 1 atom stereocenters. The number of amides is 3. The Kier molecular flexibility index (Phi) is 8.63. The second kappa shape index (κ2) is 10.4. The highest BCUT2D eigenvalue weighted by atomic mass is 32.2. The number of sulfonamides is 1. The van der Waals surface area contributed by atoms with E-state index in [2.05, 4.69) is 10.0 Å². The maximum atomic E-state index is 12.2. The van der Waals surface area contributed by atoms with Crippen LogP contribution in [0.5, 0.6) is 0 Å². The van der Waals surface area contributed by atoms with Gasteiger partial charge in [0.1, 0.15) is 6.04 Å². The molecule has 0 saturated heterocycles. The zero-order valence-corrected chi connectivity index (χ0v) is 16.1. The molecule has 3 N–H and O–H groups in total. The Morgan fingerprint density at radius 2 is 1.78 bits per heavy atom. The fourth-order valence-corrected chi connectivity index (χ4v) is 2.99. The number of hydrogen-bond acceptors (Lipinski definition) is 6. The molecule has 0 bridgehead atoms. The molecular weight excluding hydrogens is 374 g/mol. The zero-order chi connectivity index (χ0) is 20.4. The molecule has 10 heteroatoms. The average molecular weight is 397 g/mol. The number of carbonyl (C=O) groups excluding carboxylic acids is 3. The summed E-state index contributed by atoms with van der Waals surface area (Å²) < 4.78 is 31.5. The SMILES string of the molecule is CNC(=O)NC(=O)COC(=O)C(NS(=O)(=O)C=Cc1ccccc1)C(C)C. The number of nitrogens with one attached hydrogen (secondary N) is 3. The summed E-state index contributed by atoms with van der Waals surface area (Å²) in [6.45, 7) is 2.54. The topological polar surface area (TPSA) is 131 Å². The van der Waals surface area contributed by atoms with Crippen molar-refractivity contribution in [3.05, 3.63) is 41.3 Å². The van der Waals surface area contributed by atoms with Crippen molar-refractivity contribution in [2.45, 2.75) is 19.9 Å². The highest BCUT2D eigenvalue weighted by Gasteiger charge is 2.28. The number of ether oxygens (including phenoxy) is 1. The van der Waals surface area contributed by atoms with Gasteiger partial charge in [0.05, 0.1) is 0 Å². The summed E-state index contributed by atoms with van der Waals surface area (Å²) in [5.74, 6) is -2.19. The largest absolute Gasteiger partial charge is 0.454 e. The highest BCUT2D eigenvalue weighted by molar-refractivity contribution is 7.92. The first-order chi connectivity index (χ1) is 12.6. The van der Waals surface area contributed by atoms with Gasteiger partial charge in [-0.25, -0.2) is 13.2 Å². The predicted octanol–water partition coefficient (Wildman–Crippen LogP) is 0.600. The van der Waals surface area contributed by atoms with E-state index in [1.165, 1.54) is 13.1 Å². The minimum Gasteiger partial charge on any atom is -0.454 e. The molecule has 0 aliphatic heterocycles. The summed E-state index contributed by atoms with van der Waals surface area (Å²) in [6.07, 6.45) is 1.39. The predicted molar refractivity (Wildman–Crippen MR) is 99.7 cm³/mol. The maximum absolute atomic E-state index is 12.2. The summed E-state index contributed by atoms with van der Waals surface area (Å²) in [6, 6.07) is 6.84. The zero-order valence-electron chi connectivity index (χ0n) is 15.3. The van der Waals surface area contributed by atoms with Gasteiger partial charge in [-0.05, 0) is 17.6 Å². The minimum absolute atomic E-state index is 0.431. The van der Waals surface area contributed by atoms with E-state index in [1.54, 1.807) is 44.2 Å². The third kappa shape index (κ3) is 8.47. The monoisotopic (exact) mass is 397 g/mol. The second-order valence-electron chi connectivity index (χ2n) is 5.83. The van der Waals surface area contributed by atoms with Crippen molar-refractivity contribution < 1.29 is 27.5 Å². The molecule has 1 rings (SSSR count). The molecule has 0 spiro atoms. The van der Waals surface area contributed by atoms with Gasteiger partial charge >= 0.3 is 12.0 Å². The van der Waals surface area contributed by atoms with Gasteiger partial charge in [-0.1, -0.05) is 44.2 Å². The van der Waals surface area contributed by atoms with Crippen molar-refractivity contribution >= 4 is 34.0 Å². The van der Waals surface area contributed by atoms with Crippen LogP contribution < -0.4 is 15.4 Å². The number of carbonyl (C=O) groups is 3. The number of hydrogen-bond donors (Lipinski definition) is 3. The molecule has 3 amide bonds. The molecule has 0 heterocycles. The lowest BCUT2D eigenvalue weighted by Gasteiger charge is -2.19. The minimum atomic E-state index is -3.93. The third-order valence-corrected chi connectivity index (χ3v) is 4.35. The van der Waals surface area contributed by atoms with Gasteiger partial charge in [0, 0.05) is 12.5 Å². The molecule has 0 aliphatic rings. The molecule has 0 fully saturated rings. The van der Waals surface area contributed by atoms with Crippen LogP contribution in [0.1, 0.15) is 19.4 Å². The number of benzene rings is 1. The molecule has 9 nitrogen and oxygen atoms in total. The summed E-state index contributed by atoms with van der Waals surface area (Å²) in [7, 11) is -2.61. The molecule has 1 unspecified atom stereocenters. The molecule has 0 aliphatic carbocycles. The molecular formula is C17H23N3O6S. The van der Waals surface area contributed by atoms with E-state index in [0.29, 0.717) is 5.56 Å². The Morgan fingerprint density at radius 3 is 2.33 bits per heavy atom. The number of rotatable bonds is 8. The van der Waals surface area contributed by atoms with Crippen LogP contribution >= 0.6 is 0 Å². The van der Waals surface area contributed by atoms with Crippen molar-refractivity contribution in [2.24, 2.45) is 5.92 Å². The first-order valence-corrected chi connectivity index (χ1v) is 9.63. The van der Waals surface area contributed by atoms with Crippen LogP contribution in [0.25, 0.3) is 6.08 Å². The van der Waals surface area contributed by atoms with Crippen LogP contribution in [0.4, 0.5) is 4.79 Å². The van der Waals surface area contributed by atoms with Crippen LogP contribution in [-0.4, -0.2) is 46.0 Å². The molecule has 1 aromatic rings. The molecule has 148 valence electrons. The fourth-order valence-electron chi connectivity index (χ4n) is 1.86. The standard InChI is InChI=1S/C17H23N3O6S/c1-12(2)15(16(22)26-11-14(21)19-17(23)18-3)20-27(24,25)10-9-13-7-5-4-6-8-13/h4-10,12,15,20H,11H2,1-3H3,(H2,18,19,21,23). The summed E-state index contributed by atoms with van der Waals surface area (Å²) >= 11 is 0. The van der Waals surface area contributed by atoms with Gasteiger partial charge in [0.25, 0.3) is 5.91 Å². The Hall–Kier alpha value is -2.72. The normalized spacial score (nSPS) is 12.6. The van der Waals surface area contributed by atoms with E-state index in [4.69, 9.17) is 4.74 Å². The van der Waals surface area contributed by atoms with Crippen molar-refractivity contribution in [2.75, 3.05) is 13.7 Å². The van der Waals surface area contributed by atoms with Crippen LogP contribution in [0.3, 0.4) is 0 Å². The van der Waals surface area contributed by atoms with Crippen molar-refractivity contribution in [3.8, 4) is 0 Å². The lowest BCUT2D eigenvalue weighted by atomic mass is 10.1. The number of esters is 1. The Labute approximate surface area is 158 Å². The van der Waals surface area contributed by atoms with Gasteiger partial charge in [-0.15, -0.1) is 0 Å². The van der Waals surface area contributed by atoms with E-state index in [-0.39, 0.29) is 0 Å². The van der Waals surface area contributed by atoms with E-state index in [0.717, 1.165) is 5.41 Å². The smallest absolute Gasteiger partial charge is 0.324 e. The second-order valence-corrected chi connectivity index (χ2v) is 7.43. The van der Waals surface area contributed by atoms with E-state index >= 15 is 0 Å². The summed E-state index contributed by atoms with van der Waals surface area (Å²) in [5, 5.41) is 5.04. The molecule has 0 aromatic heterocycles. The summed E-state index contributed by atoms with van der Waals surface area (Å²) in [4.78, 5) is 34.6. The first kappa shape index (κ1) is 22.3. The van der Waals surface area contributed by atoms with Gasteiger partial charge in [0.2, 0.25) is 10.0 Å². The van der Waals surface area contributed by atoms with Gasteiger partial charge in [0.15, 0.2) is 6.61 Å². The van der Waals surface area contributed by atoms with E-state index in [1.807, 2.05) is 5.32 Å². The summed E-state index contributed by atoms with van der Waals surface area (Å²) in [5.41, 5.74) is 0.678. The van der Waals surface area contributed by atoms with Crippen LogP contribution in [0.15, 0.2) is 35.7 Å². The van der Waals surface area contributed by atoms with E-state index < -0.39 is 46.5 Å². The molecule has 1 aromatic carbocycles. The number of imide groups is 1. The van der Waals surface area contributed by atoms with Crippen molar-refractivity contribution in [1.29, 1.82) is 0 Å². The lowest BCUT2D eigenvalue weighted by Crippen LogP contribution is -2.46. The molecule has 27 heavy (non-hydrogen) atoms. The Balaban J connectivity index is 2.71. The maximum Gasteiger partial charge on any atom is 0.324 e. The molecule has 0 saturated carbocycles. The lowest BCUT2D eigenvalue weighted by molar-refractivity contribution is -0.150. The van der Waals surface area contributed by atoms with Crippen LogP contribution in [-0.2, 0) is 24.3 Å². The fraction of sp³-hybridized carbons (Fsp3) is 0.353. The average Bonchev–Trinajstić information content (AvgIpc) is 2.63. The van der Waals surface area contributed by atoms with Crippen molar-refractivity contribution in [1.82, 2.24) is 15.4 Å². The van der Waals surface area contributed by atoms with Crippen LogP contribution in [0.2, 0.25) is 0 Å². The van der Waals surface area contributed by atoms with Crippen molar-refractivity contribution in [3.63, 3.8) is 0 Å².